The number of hydrogen-bond donors (Lipinski definition) is 3. The quantitative estimate of drug-likeness (QED) is 0.736. The molecule has 2 aliphatic rings. The minimum Gasteiger partial charge on any atom is -0.347 e. The Bertz CT molecular complexity index is 373. The van der Waals surface area contributed by atoms with E-state index in [1.165, 1.54) is 30.7 Å². The van der Waals surface area contributed by atoms with Gasteiger partial charge in [0.25, 0.3) is 0 Å². The van der Waals surface area contributed by atoms with Gasteiger partial charge in [-0.25, -0.2) is 4.98 Å². The zero-order chi connectivity index (χ0) is 11.7. The van der Waals surface area contributed by atoms with E-state index in [9.17, 15) is 0 Å². The van der Waals surface area contributed by atoms with E-state index in [4.69, 9.17) is 0 Å². The lowest BCUT2D eigenvalue weighted by molar-refractivity contribution is 0.405. The van der Waals surface area contributed by atoms with Gasteiger partial charge >= 0.3 is 0 Å². The van der Waals surface area contributed by atoms with Crippen LogP contribution in [0.4, 0.5) is 0 Å². The molecule has 94 valence electrons. The van der Waals surface area contributed by atoms with Gasteiger partial charge in [0.2, 0.25) is 0 Å². The highest BCUT2D eigenvalue weighted by atomic mass is 15.0. The second-order valence-electron chi connectivity index (χ2n) is 5.63. The number of rotatable bonds is 3. The van der Waals surface area contributed by atoms with Crippen LogP contribution in [0.25, 0.3) is 0 Å². The van der Waals surface area contributed by atoms with Gasteiger partial charge in [0, 0.05) is 31.6 Å². The molecular weight excluding hydrogens is 212 g/mol. The number of imidazole rings is 1. The number of aromatic nitrogens is 2. The monoisotopic (exact) mass is 234 g/mol. The van der Waals surface area contributed by atoms with Gasteiger partial charge in [-0.2, -0.15) is 0 Å². The first-order valence-corrected chi connectivity index (χ1v) is 6.79. The van der Waals surface area contributed by atoms with Gasteiger partial charge in [0.15, 0.2) is 0 Å². The van der Waals surface area contributed by atoms with E-state index >= 15 is 0 Å². The highest BCUT2D eigenvalue weighted by Gasteiger charge is 2.24. The van der Waals surface area contributed by atoms with Gasteiger partial charge in [-0.3, -0.25) is 0 Å². The number of nitrogens with one attached hydrogen (secondary N) is 3. The molecule has 0 aromatic carbocycles. The maximum absolute atomic E-state index is 4.38. The second kappa shape index (κ2) is 4.78. The van der Waals surface area contributed by atoms with Crippen LogP contribution in [-0.4, -0.2) is 28.6 Å². The van der Waals surface area contributed by atoms with E-state index in [1.807, 2.05) is 0 Å². The Kier molecular flexibility index (Phi) is 3.16. The third-order valence-corrected chi connectivity index (χ3v) is 4.16. The van der Waals surface area contributed by atoms with Crippen LogP contribution in [0.2, 0.25) is 0 Å². The molecule has 3 unspecified atom stereocenters. The molecule has 3 rings (SSSR count). The number of fused-ring (bicyclic) bond motifs is 1. The minimum absolute atomic E-state index is 0.543. The van der Waals surface area contributed by atoms with Crippen LogP contribution in [0.1, 0.15) is 37.6 Å². The fourth-order valence-corrected chi connectivity index (χ4v) is 3.08. The molecule has 1 aliphatic heterocycles. The molecule has 1 aromatic rings. The molecule has 4 nitrogen and oxygen atoms in total. The number of H-pyrrole nitrogens is 1. The van der Waals surface area contributed by atoms with Crippen molar-refractivity contribution in [1.82, 2.24) is 20.6 Å². The summed E-state index contributed by atoms with van der Waals surface area (Å²) in [6.07, 6.45) is 6.94. The van der Waals surface area contributed by atoms with Crippen LogP contribution in [-0.2, 0) is 13.0 Å². The van der Waals surface area contributed by atoms with Gasteiger partial charge in [-0.1, -0.05) is 6.92 Å². The summed E-state index contributed by atoms with van der Waals surface area (Å²) in [6.45, 7) is 4.36. The highest BCUT2D eigenvalue weighted by molar-refractivity contribution is 5.15. The Morgan fingerprint density at radius 3 is 3.24 bits per heavy atom. The molecular formula is C13H22N4. The molecule has 0 radical (unpaired) electrons. The topological polar surface area (TPSA) is 52.7 Å². The van der Waals surface area contributed by atoms with Crippen LogP contribution >= 0.6 is 0 Å². The van der Waals surface area contributed by atoms with Crippen molar-refractivity contribution in [1.29, 1.82) is 0 Å². The Hall–Kier alpha value is -0.870. The van der Waals surface area contributed by atoms with E-state index in [0.717, 1.165) is 31.5 Å². The SMILES string of the molecule is CC1CCC(NCC2Cc3nc[nH]c3CN2)C1. The number of aromatic amines is 1. The third kappa shape index (κ3) is 2.53. The molecule has 0 amide bonds. The third-order valence-electron chi connectivity index (χ3n) is 4.16. The molecule has 3 atom stereocenters. The van der Waals surface area contributed by atoms with Crippen molar-refractivity contribution >= 4 is 0 Å². The fraction of sp³-hybridized carbons (Fsp3) is 0.769. The lowest BCUT2D eigenvalue weighted by Gasteiger charge is -2.25. The number of hydrogen-bond acceptors (Lipinski definition) is 3. The van der Waals surface area contributed by atoms with Crippen LogP contribution in [0.3, 0.4) is 0 Å². The van der Waals surface area contributed by atoms with Crippen molar-refractivity contribution in [2.75, 3.05) is 6.54 Å². The molecule has 0 spiro atoms. The van der Waals surface area contributed by atoms with Gasteiger partial charge in [-0.15, -0.1) is 0 Å². The molecule has 0 saturated heterocycles. The van der Waals surface area contributed by atoms with E-state index < -0.39 is 0 Å². The maximum Gasteiger partial charge on any atom is 0.0925 e. The molecule has 17 heavy (non-hydrogen) atoms. The van der Waals surface area contributed by atoms with Crippen molar-refractivity contribution in [2.24, 2.45) is 5.92 Å². The molecule has 2 heterocycles. The second-order valence-corrected chi connectivity index (χ2v) is 5.63. The molecule has 1 saturated carbocycles. The molecule has 4 heteroatoms. The minimum atomic E-state index is 0.543. The van der Waals surface area contributed by atoms with E-state index in [0.29, 0.717) is 6.04 Å². The Morgan fingerprint density at radius 2 is 2.41 bits per heavy atom. The fourth-order valence-electron chi connectivity index (χ4n) is 3.08. The van der Waals surface area contributed by atoms with Gasteiger partial charge in [-0.05, 0) is 25.2 Å². The van der Waals surface area contributed by atoms with E-state index in [-0.39, 0.29) is 0 Å². The summed E-state index contributed by atoms with van der Waals surface area (Å²) in [6, 6.07) is 1.29. The Morgan fingerprint density at radius 1 is 1.47 bits per heavy atom. The van der Waals surface area contributed by atoms with Crippen LogP contribution in [0.5, 0.6) is 0 Å². The smallest absolute Gasteiger partial charge is 0.0925 e. The zero-order valence-electron chi connectivity index (χ0n) is 10.5. The first kappa shape index (κ1) is 11.2. The molecule has 1 fully saturated rings. The van der Waals surface area contributed by atoms with Gasteiger partial charge in [0.1, 0.15) is 0 Å². The predicted molar refractivity (Wildman–Crippen MR) is 67.7 cm³/mol. The van der Waals surface area contributed by atoms with Gasteiger partial charge in [0.05, 0.1) is 17.7 Å². The van der Waals surface area contributed by atoms with Crippen molar-refractivity contribution in [3.8, 4) is 0 Å². The molecule has 3 N–H and O–H groups in total. The Balaban J connectivity index is 1.48. The summed E-state index contributed by atoms with van der Waals surface area (Å²) in [4.78, 5) is 7.56. The van der Waals surface area contributed by atoms with Crippen LogP contribution in [0, 0.1) is 5.92 Å². The van der Waals surface area contributed by atoms with Crippen LogP contribution in [0.15, 0.2) is 6.33 Å². The summed E-state index contributed by atoms with van der Waals surface area (Å²) in [7, 11) is 0. The van der Waals surface area contributed by atoms with Crippen LogP contribution < -0.4 is 10.6 Å². The molecule has 1 aromatic heterocycles. The predicted octanol–water partition coefficient (Wildman–Crippen LogP) is 1.20. The standard InChI is InChI=1S/C13H22N4/c1-9-2-3-10(4-9)14-6-11-5-12-13(7-15-11)17-8-16-12/h8-11,14-15H,2-7H2,1H3,(H,16,17). The van der Waals surface area contributed by atoms with Gasteiger partial charge < -0.3 is 15.6 Å². The average Bonchev–Trinajstić information content (AvgIpc) is 2.94. The zero-order valence-corrected chi connectivity index (χ0v) is 10.5. The van der Waals surface area contributed by atoms with E-state index in [2.05, 4.69) is 27.5 Å². The largest absolute Gasteiger partial charge is 0.347 e. The number of nitrogens with zero attached hydrogens (tertiary/aromatic N) is 1. The lowest BCUT2D eigenvalue weighted by Crippen LogP contribution is -2.45. The first-order chi connectivity index (χ1) is 8.31. The van der Waals surface area contributed by atoms with Crippen molar-refractivity contribution in [2.45, 2.75) is 51.2 Å². The van der Waals surface area contributed by atoms with Crippen molar-refractivity contribution < 1.29 is 0 Å². The average molecular weight is 234 g/mol. The summed E-state index contributed by atoms with van der Waals surface area (Å²) >= 11 is 0. The van der Waals surface area contributed by atoms with Crippen molar-refractivity contribution in [3.63, 3.8) is 0 Å². The summed E-state index contributed by atoms with van der Waals surface area (Å²) in [5, 5.41) is 7.27. The first-order valence-electron chi connectivity index (χ1n) is 6.79. The molecule has 0 bridgehead atoms. The maximum atomic E-state index is 4.38. The highest BCUT2D eigenvalue weighted by Crippen LogP contribution is 2.24. The summed E-state index contributed by atoms with van der Waals surface area (Å²) < 4.78 is 0. The van der Waals surface area contributed by atoms with Crippen molar-refractivity contribution in [3.05, 3.63) is 17.7 Å². The Labute approximate surface area is 103 Å². The summed E-state index contributed by atoms with van der Waals surface area (Å²) in [5.74, 6) is 0.907. The summed E-state index contributed by atoms with van der Waals surface area (Å²) in [5.41, 5.74) is 2.51. The van der Waals surface area contributed by atoms with E-state index in [1.54, 1.807) is 6.33 Å². The molecule has 1 aliphatic carbocycles. The normalized spacial score (nSPS) is 32.6. The lowest BCUT2D eigenvalue weighted by atomic mass is 10.0.